The molecule has 0 atom stereocenters. The molecule has 1 aromatic carbocycles. The molecule has 150 valence electrons. The van der Waals surface area contributed by atoms with Crippen LogP contribution in [-0.4, -0.2) is 47.1 Å². The first-order valence-corrected chi connectivity index (χ1v) is 10.6. The fourth-order valence-electron chi connectivity index (χ4n) is 3.61. The SMILES string of the molecule is CCc1c(C)sc2nc(/C(=C\c3ccccc3)C(=O)N3CCOCC3)[nH]c(=O)c12. The average molecular weight is 410 g/mol. The Hall–Kier alpha value is -2.77. The number of carbonyl (C=O) groups is 1. The van der Waals surface area contributed by atoms with Crippen LogP contribution >= 0.6 is 11.3 Å². The number of aromatic amines is 1. The predicted molar refractivity (Wildman–Crippen MR) is 116 cm³/mol. The van der Waals surface area contributed by atoms with Crippen molar-refractivity contribution in [2.75, 3.05) is 26.3 Å². The van der Waals surface area contributed by atoms with E-state index in [2.05, 4.69) is 4.98 Å². The zero-order chi connectivity index (χ0) is 20.4. The van der Waals surface area contributed by atoms with Gasteiger partial charge in [0.05, 0.1) is 24.2 Å². The molecule has 0 spiro atoms. The molecule has 1 N–H and O–H groups in total. The molecule has 2 aromatic heterocycles. The molecule has 1 saturated heterocycles. The Morgan fingerprint density at radius 2 is 2.00 bits per heavy atom. The maximum Gasteiger partial charge on any atom is 0.260 e. The van der Waals surface area contributed by atoms with E-state index in [1.54, 1.807) is 11.0 Å². The number of morpholine rings is 1. The highest BCUT2D eigenvalue weighted by Gasteiger charge is 2.25. The number of amides is 1. The third-order valence-corrected chi connectivity index (χ3v) is 6.15. The lowest BCUT2D eigenvalue weighted by atomic mass is 10.1. The summed E-state index contributed by atoms with van der Waals surface area (Å²) in [5.41, 5.74) is 2.10. The molecule has 3 heterocycles. The van der Waals surface area contributed by atoms with Crippen LogP contribution in [0.3, 0.4) is 0 Å². The van der Waals surface area contributed by atoms with E-state index in [-0.39, 0.29) is 11.5 Å². The second kappa shape index (κ2) is 8.31. The first-order chi connectivity index (χ1) is 14.1. The third-order valence-electron chi connectivity index (χ3n) is 5.11. The van der Waals surface area contributed by atoms with Gasteiger partial charge in [-0.05, 0) is 30.5 Å². The van der Waals surface area contributed by atoms with Gasteiger partial charge >= 0.3 is 0 Å². The molecular weight excluding hydrogens is 386 g/mol. The van der Waals surface area contributed by atoms with Gasteiger partial charge in [-0.25, -0.2) is 4.98 Å². The number of ether oxygens (including phenoxy) is 1. The summed E-state index contributed by atoms with van der Waals surface area (Å²) in [5.74, 6) is 0.162. The zero-order valence-electron chi connectivity index (χ0n) is 16.5. The molecule has 1 aliphatic heterocycles. The summed E-state index contributed by atoms with van der Waals surface area (Å²) >= 11 is 1.50. The summed E-state index contributed by atoms with van der Waals surface area (Å²) in [5, 5.41) is 0.636. The average Bonchev–Trinajstić information content (AvgIpc) is 3.08. The molecule has 1 fully saturated rings. The third kappa shape index (κ3) is 3.88. The van der Waals surface area contributed by atoms with E-state index in [9.17, 15) is 9.59 Å². The van der Waals surface area contributed by atoms with E-state index in [1.807, 2.05) is 44.2 Å². The predicted octanol–water partition coefficient (Wildman–Crippen LogP) is 3.25. The molecule has 0 bridgehead atoms. The summed E-state index contributed by atoms with van der Waals surface area (Å²) in [4.78, 5) is 37.3. The number of rotatable bonds is 4. The van der Waals surface area contributed by atoms with E-state index in [1.165, 1.54) is 11.3 Å². The molecule has 4 rings (SSSR count). The van der Waals surface area contributed by atoms with E-state index >= 15 is 0 Å². The van der Waals surface area contributed by atoms with E-state index in [0.717, 1.165) is 22.4 Å². The van der Waals surface area contributed by atoms with Crippen LogP contribution in [0, 0.1) is 6.92 Å². The molecule has 0 unspecified atom stereocenters. The molecule has 1 aliphatic rings. The minimum absolute atomic E-state index is 0.149. The second-order valence-corrected chi connectivity index (χ2v) is 8.16. The van der Waals surface area contributed by atoms with Gasteiger partial charge in [-0.2, -0.15) is 0 Å². The monoisotopic (exact) mass is 409 g/mol. The molecule has 1 amide bonds. The number of aromatic nitrogens is 2. The van der Waals surface area contributed by atoms with Crippen LogP contribution in [0.5, 0.6) is 0 Å². The lowest BCUT2D eigenvalue weighted by molar-refractivity contribution is -0.128. The Balaban J connectivity index is 1.86. The van der Waals surface area contributed by atoms with Crippen LogP contribution in [0.1, 0.15) is 28.8 Å². The maximum absolute atomic E-state index is 13.3. The summed E-state index contributed by atoms with van der Waals surface area (Å²) in [6.45, 7) is 6.11. The molecule has 0 saturated carbocycles. The molecule has 6 nitrogen and oxygen atoms in total. The van der Waals surface area contributed by atoms with Crippen LogP contribution in [-0.2, 0) is 16.0 Å². The van der Waals surface area contributed by atoms with Crippen molar-refractivity contribution in [1.82, 2.24) is 14.9 Å². The number of nitrogens with one attached hydrogen (secondary N) is 1. The van der Waals surface area contributed by atoms with Gasteiger partial charge in [-0.1, -0.05) is 37.3 Å². The number of thiophene rings is 1. The van der Waals surface area contributed by atoms with Gasteiger partial charge < -0.3 is 14.6 Å². The van der Waals surface area contributed by atoms with Gasteiger partial charge in [0.1, 0.15) is 10.7 Å². The number of H-pyrrole nitrogens is 1. The lowest BCUT2D eigenvalue weighted by Gasteiger charge is -2.27. The fraction of sp³-hybridized carbons (Fsp3) is 0.318. The number of fused-ring (bicyclic) bond motifs is 1. The molecule has 3 aromatic rings. The number of nitrogens with zero attached hydrogens (tertiary/aromatic N) is 2. The lowest BCUT2D eigenvalue weighted by Crippen LogP contribution is -2.41. The molecular formula is C22H23N3O3S. The molecule has 0 aliphatic carbocycles. The normalized spacial score (nSPS) is 15.1. The largest absolute Gasteiger partial charge is 0.378 e. The van der Waals surface area contributed by atoms with Gasteiger partial charge in [-0.3, -0.25) is 9.59 Å². The summed E-state index contributed by atoms with van der Waals surface area (Å²) in [7, 11) is 0. The Kier molecular flexibility index (Phi) is 5.60. The van der Waals surface area contributed by atoms with Crippen molar-refractivity contribution in [3.05, 3.63) is 62.5 Å². The molecule has 7 heteroatoms. The Bertz CT molecular complexity index is 1130. The van der Waals surface area contributed by atoms with Crippen molar-refractivity contribution in [3.63, 3.8) is 0 Å². The second-order valence-electron chi connectivity index (χ2n) is 6.96. The summed E-state index contributed by atoms with van der Waals surface area (Å²) in [6.07, 6.45) is 2.57. The smallest absolute Gasteiger partial charge is 0.260 e. The van der Waals surface area contributed by atoms with Crippen molar-refractivity contribution >= 4 is 39.1 Å². The molecule has 0 radical (unpaired) electrons. The number of aryl methyl sites for hydroxylation is 2. The van der Waals surface area contributed by atoms with Crippen LogP contribution in [0.2, 0.25) is 0 Å². The van der Waals surface area contributed by atoms with Crippen molar-refractivity contribution < 1.29 is 9.53 Å². The van der Waals surface area contributed by atoms with Crippen molar-refractivity contribution in [1.29, 1.82) is 0 Å². The van der Waals surface area contributed by atoms with E-state index in [0.29, 0.717) is 47.9 Å². The number of hydrogen-bond acceptors (Lipinski definition) is 5. The Morgan fingerprint density at radius 1 is 1.28 bits per heavy atom. The van der Waals surface area contributed by atoms with Crippen LogP contribution in [0.15, 0.2) is 35.1 Å². The Morgan fingerprint density at radius 3 is 2.69 bits per heavy atom. The highest BCUT2D eigenvalue weighted by molar-refractivity contribution is 7.18. The highest BCUT2D eigenvalue weighted by Crippen LogP contribution is 2.28. The van der Waals surface area contributed by atoms with Crippen molar-refractivity contribution in [2.45, 2.75) is 20.3 Å². The van der Waals surface area contributed by atoms with E-state index < -0.39 is 0 Å². The number of carbonyl (C=O) groups excluding carboxylic acids is 1. The number of hydrogen-bond donors (Lipinski definition) is 1. The van der Waals surface area contributed by atoms with Gasteiger partial charge in [0.15, 0.2) is 0 Å². The van der Waals surface area contributed by atoms with Crippen molar-refractivity contribution in [2.24, 2.45) is 0 Å². The van der Waals surface area contributed by atoms with Gasteiger partial charge in [-0.15, -0.1) is 11.3 Å². The van der Waals surface area contributed by atoms with Gasteiger partial charge in [0.25, 0.3) is 11.5 Å². The topological polar surface area (TPSA) is 75.3 Å². The summed E-state index contributed by atoms with van der Waals surface area (Å²) < 4.78 is 5.37. The van der Waals surface area contributed by atoms with Crippen LogP contribution < -0.4 is 5.56 Å². The standard InChI is InChI=1S/C22H23N3O3S/c1-3-16-14(2)29-21-18(16)20(26)23-19(24-21)17(13-15-7-5-4-6-8-15)22(27)25-9-11-28-12-10-25/h4-8,13H,3,9-12H2,1-2H3,(H,23,24,26)/b17-13+. The highest BCUT2D eigenvalue weighted by atomic mass is 32.1. The quantitative estimate of drug-likeness (QED) is 0.671. The summed E-state index contributed by atoms with van der Waals surface area (Å²) in [6, 6.07) is 9.60. The fourth-order valence-corrected chi connectivity index (χ4v) is 4.73. The first kappa shape index (κ1) is 19.5. The van der Waals surface area contributed by atoms with Crippen LogP contribution in [0.25, 0.3) is 21.9 Å². The zero-order valence-corrected chi connectivity index (χ0v) is 17.3. The van der Waals surface area contributed by atoms with Gasteiger partial charge in [0, 0.05) is 18.0 Å². The van der Waals surface area contributed by atoms with Crippen LogP contribution in [0.4, 0.5) is 0 Å². The maximum atomic E-state index is 13.3. The minimum atomic E-state index is -0.195. The van der Waals surface area contributed by atoms with Crippen molar-refractivity contribution in [3.8, 4) is 0 Å². The van der Waals surface area contributed by atoms with Gasteiger partial charge in [0.2, 0.25) is 0 Å². The number of benzene rings is 1. The minimum Gasteiger partial charge on any atom is -0.378 e. The van der Waals surface area contributed by atoms with E-state index in [4.69, 9.17) is 9.72 Å². The Labute approximate surface area is 172 Å². The molecule has 29 heavy (non-hydrogen) atoms. The first-order valence-electron chi connectivity index (χ1n) is 9.75.